The van der Waals surface area contributed by atoms with Crippen molar-refractivity contribution in [3.8, 4) is 0 Å². The van der Waals surface area contributed by atoms with Crippen LogP contribution in [-0.2, 0) is 9.59 Å². The van der Waals surface area contributed by atoms with Crippen molar-refractivity contribution in [1.29, 1.82) is 0 Å². The largest absolute Gasteiger partial charge is 0.480 e. The van der Waals surface area contributed by atoms with Crippen molar-refractivity contribution in [3.05, 3.63) is 76.1 Å². The second-order valence-electron chi connectivity index (χ2n) is 9.44. The molecule has 9 heteroatoms. The maximum atomic E-state index is 13.4. The minimum absolute atomic E-state index is 0.0441. The summed E-state index contributed by atoms with van der Waals surface area (Å²) in [7, 11) is 0. The van der Waals surface area contributed by atoms with E-state index in [1.165, 1.54) is 17.7 Å². The van der Waals surface area contributed by atoms with Gasteiger partial charge in [0.1, 0.15) is 6.04 Å². The number of nitrogens with zero attached hydrogens (tertiary/aromatic N) is 2. The number of amides is 1. The van der Waals surface area contributed by atoms with Crippen molar-refractivity contribution >= 4 is 29.6 Å². The third-order valence-corrected chi connectivity index (χ3v) is 7.49. The number of rotatable bonds is 6. The lowest BCUT2D eigenvalue weighted by Gasteiger charge is -2.41. The number of carboxylic acids is 1. The van der Waals surface area contributed by atoms with E-state index in [0.717, 1.165) is 25.0 Å². The second-order valence-corrected chi connectivity index (χ2v) is 9.88. The fourth-order valence-corrected chi connectivity index (χ4v) is 5.41. The van der Waals surface area contributed by atoms with E-state index in [9.17, 15) is 27.9 Å². The van der Waals surface area contributed by atoms with Crippen LogP contribution in [0.3, 0.4) is 0 Å². The molecule has 2 aromatic rings. The van der Waals surface area contributed by atoms with E-state index in [1.807, 2.05) is 24.3 Å². The van der Waals surface area contributed by atoms with Gasteiger partial charge < -0.3 is 10.0 Å². The van der Waals surface area contributed by atoms with Crippen molar-refractivity contribution in [2.75, 3.05) is 26.2 Å². The molecule has 192 valence electrons. The molecule has 2 aliphatic rings. The molecule has 1 N–H and O–H groups in total. The van der Waals surface area contributed by atoms with Crippen LogP contribution in [0.15, 0.2) is 42.5 Å². The Morgan fingerprint density at radius 1 is 0.944 bits per heavy atom. The lowest BCUT2D eigenvalue weighted by molar-refractivity contribution is -0.147. The van der Waals surface area contributed by atoms with Crippen LogP contribution >= 0.6 is 11.6 Å². The van der Waals surface area contributed by atoms with Crippen LogP contribution in [0.1, 0.15) is 42.7 Å². The minimum Gasteiger partial charge on any atom is -0.480 e. The number of carbonyl (C=O) groups excluding carboxylic acids is 1. The van der Waals surface area contributed by atoms with Gasteiger partial charge in [-0.05, 0) is 92.1 Å². The third kappa shape index (κ3) is 6.10. The first-order chi connectivity index (χ1) is 17.2. The van der Waals surface area contributed by atoms with Crippen LogP contribution in [0.2, 0.25) is 5.02 Å². The van der Waals surface area contributed by atoms with Crippen LogP contribution in [0.5, 0.6) is 0 Å². The second kappa shape index (κ2) is 11.5. The Hall–Kier alpha value is -2.84. The van der Waals surface area contributed by atoms with Crippen molar-refractivity contribution in [2.24, 2.45) is 5.92 Å². The lowest BCUT2D eigenvalue weighted by atomic mass is 9.84. The van der Waals surface area contributed by atoms with Crippen LogP contribution in [-0.4, -0.2) is 59.0 Å². The molecule has 2 saturated heterocycles. The molecule has 0 aliphatic carbocycles. The summed E-state index contributed by atoms with van der Waals surface area (Å²) >= 11 is 5.99. The van der Waals surface area contributed by atoms with Gasteiger partial charge >= 0.3 is 5.97 Å². The zero-order chi connectivity index (χ0) is 25.8. The maximum Gasteiger partial charge on any atom is 0.321 e. The molecule has 2 aromatic carbocycles. The number of piperidine rings is 2. The van der Waals surface area contributed by atoms with E-state index in [4.69, 9.17) is 11.6 Å². The van der Waals surface area contributed by atoms with Gasteiger partial charge in [0.2, 0.25) is 5.91 Å². The molecular formula is C27H28ClF3N2O3. The van der Waals surface area contributed by atoms with Crippen LogP contribution in [0.25, 0.3) is 6.08 Å². The van der Waals surface area contributed by atoms with Crippen LogP contribution in [0.4, 0.5) is 13.2 Å². The highest BCUT2D eigenvalue weighted by molar-refractivity contribution is 6.30. The molecule has 2 fully saturated rings. The first-order valence-electron chi connectivity index (χ1n) is 12.1. The molecule has 2 heterocycles. The van der Waals surface area contributed by atoms with Gasteiger partial charge in [0, 0.05) is 24.2 Å². The number of halogens is 4. The average Bonchev–Trinajstić information content (AvgIpc) is 2.87. The number of carboxylic acid groups (broad SMARTS) is 1. The summed E-state index contributed by atoms with van der Waals surface area (Å²) in [6.45, 7) is 2.17. The number of hydrogen-bond donors (Lipinski definition) is 1. The van der Waals surface area contributed by atoms with Gasteiger partial charge in [0.25, 0.3) is 0 Å². The van der Waals surface area contributed by atoms with Gasteiger partial charge in [-0.25, -0.2) is 13.2 Å². The highest BCUT2D eigenvalue weighted by atomic mass is 35.5. The molecule has 0 bridgehead atoms. The van der Waals surface area contributed by atoms with E-state index in [1.54, 1.807) is 4.90 Å². The fraction of sp³-hybridized carbons (Fsp3) is 0.407. The predicted molar refractivity (Wildman–Crippen MR) is 131 cm³/mol. The average molecular weight is 521 g/mol. The Balaban J connectivity index is 1.31. The predicted octanol–water partition coefficient (Wildman–Crippen LogP) is 5.34. The van der Waals surface area contributed by atoms with Crippen molar-refractivity contribution in [3.63, 3.8) is 0 Å². The van der Waals surface area contributed by atoms with Crippen molar-refractivity contribution in [2.45, 2.75) is 37.6 Å². The Morgan fingerprint density at radius 2 is 1.53 bits per heavy atom. The molecule has 4 rings (SSSR count). The summed E-state index contributed by atoms with van der Waals surface area (Å²) in [4.78, 5) is 28.4. The number of carbonyl (C=O) groups is 2. The van der Waals surface area contributed by atoms with Gasteiger partial charge in [-0.3, -0.25) is 14.5 Å². The molecular weight excluding hydrogens is 493 g/mol. The lowest BCUT2D eigenvalue weighted by Crippen LogP contribution is -2.52. The molecule has 1 amide bonds. The topological polar surface area (TPSA) is 60.9 Å². The van der Waals surface area contributed by atoms with Gasteiger partial charge in [0.15, 0.2) is 17.5 Å². The highest BCUT2D eigenvalue weighted by Crippen LogP contribution is 2.33. The van der Waals surface area contributed by atoms with E-state index >= 15 is 0 Å². The molecule has 36 heavy (non-hydrogen) atoms. The Bertz CT molecular complexity index is 1100. The molecule has 0 spiro atoms. The van der Waals surface area contributed by atoms with E-state index < -0.39 is 29.5 Å². The summed E-state index contributed by atoms with van der Waals surface area (Å²) in [5.41, 5.74) is 1.26. The molecule has 0 aromatic heterocycles. The Labute approximate surface area is 213 Å². The number of aliphatic carboxylic acids is 1. The van der Waals surface area contributed by atoms with Crippen LogP contribution in [0, 0.1) is 23.4 Å². The molecule has 1 atom stereocenters. The first kappa shape index (κ1) is 26.2. The Morgan fingerprint density at radius 3 is 2.08 bits per heavy atom. The molecule has 0 radical (unpaired) electrons. The smallest absolute Gasteiger partial charge is 0.321 e. The van der Waals surface area contributed by atoms with E-state index in [2.05, 4.69) is 4.90 Å². The minimum atomic E-state index is -1.55. The Kier molecular flexibility index (Phi) is 8.36. The molecule has 5 nitrogen and oxygen atoms in total. The van der Waals surface area contributed by atoms with Gasteiger partial charge in [0.05, 0.1) is 0 Å². The van der Waals surface area contributed by atoms with Crippen molar-refractivity contribution < 1.29 is 27.9 Å². The van der Waals surface area contributed by atoms with Gasteiger partial charge in [-0.2, -0.15) is 0 Å². The number of hydrogen-bond acceptors (Lipinski definition) is 3. The standard InChI is InChI=1S/C27H28ClF3N2O3/c28-21-4-2-18(3-5-21)19-7-13-33(14-8-19)26(27(35)36)20-9-11-32(12-10-20)24(34)6-1-17-15-22(29)25(31)23(30)16-17/h1-6,15-16,19-20,26H,7-14H2,(H,35,36)/b6-1+. The zero-order valence-corrected chi connectivity index (χ0v) is 20.4. The van der Waals surface area contributed by atoms with Crippen molar-refractivity contribution in [1.82, 2.24) is 9.80 Å². The van der Waals surface area contributed by atoms with Crippen LogP contribution < -0.4 is 0 Å². The number of benzene rings is 2. The maximum absolute atomic E-state index is 13.4. The third-order valence-electron chi connectivity index (χ3n) is 7.24. The molecule has 1 unspecified atom stereocenters. The summed E-state index contributed by atoms with van der Waals surface area (Å²) in [6, 6.07) is 8.86. The summed E-state index contributed by atoms with van der Waals surface area (Å²) in [5, 5.41) is 10.7. The zero-order valence-electron chi connectivity index (χ0n) is 19.7. The normalized spacial score (nSPS) is 19.1. The SMILES string of the molecule is O=C(O)C(C1CCN(C(=O)/C=C/c2cc(F)c(F)c(F)c2)CC1)N1CCC(c2ccc(Cl)cc2)CC1. The monoisotopic (exact) mass is 520 g/mol. The van der Waals surface area contributed by atoms with E-state index in [0.29, 0.717) is 50.0 Å². The number of likely N-dealkylation sites (tertiary alicyclic amines) is 2. The highest BCUT2D eigenvalue weighted by Gasteiger charge is 2.38. The summed E-state index contributed by atoms with van der Waals surface area (Å²) in [5.74, 6) is -5.08. The quantitative estimate of drug-likeness (QED) is 0.412. The molecule has 2 aliphatic heterocycles. The summed E-state index contributed by atoms with van der Waals surface area (Å²) in [6.07, 6.45) is 5.28. The van der Waals surface area contributed by atoms with Gasteiger partial charge in [-0.15, -0.1) is 0 Å². The fourth-order valence-electron chi connectivity index (χ4n) is 5.28. The van der Waals surface area contributed by atoms with Gasteiger partial charge in [-0.1, -0.05) is 23.7 Å². The van der Waals surface area contributed by atoms with E-state index in [-0.39, 0.29) is 17.4 Å². The summed E-state index contributed by atoms with van der Waals surface area (Å²) < 4.78 is 39.9. The molecule has 0 saturated carbocycles. The first-order valence-corrected chi connectivity index (χ1v) is 12.4.